The number of nitrogens with one attached hydrogen (secondary N) is 1. The van der Waals surface area contributed by atoms with Crippen LogP contribution in [-0.4, -0.2) is 47.6 Å². The van der Waals surface area contributed by atoms with Crippen molar-refractivity contribution in [3.05, 3.63) is 23.5 Å². The van der Waals surface area contributed by atoms with Crippen LogP contribution in [0.25, 0.3) is 0 Å². The molecule has 27 heavy (non-hydrogen) atoms. The Balaban J connectivity index is 1.87. The van der Waals surface area contributed by atoms with Gasteiger partial charge in [0.05, 0.1) is 17.8 Å². The SMILES string of the molecule is C[C@H](NC(=O)c1cnc(C(N)=O)cc1N1CCC(C)(OC(N)=O)C1)C1CC1. The molecule has 1 aliphatic carbocycles. The second-order valence-corrected chi connectivity index (χ2v) is 7.59. The summed E-state index contributed by atoms with van der Waals surface area (Å²) in [5.41, 5.74) is 10.7. The zero-order valence-corrected chi connectivity index (χ0v) is 15.5. The van der Waals surface area contributed by atoms with Crippen LogP contribution in [0.4, 0.5) is 10.5 Å². The minimum absolute atomic E-state index is 0.0706. The van der Waals surface area contributed by atoms with E-state index in [1.165, 1.54) is 12.3 Å². The number of hydrogen-bond acceptors (Lipinski definition) is 6. The molecule has 3 rings (SSSR count). The fourth-order valence-corrected chi connectivity index (χ4v) is 3.48. The Hall–Kier alpha value is -2.84. The van der Waals surface area contributed by atoms with Crippen LogP contribution >= 0.6 is 0 Å². The number of nitrogens with two attached hydrogens (primary N) is 2. The van der Waals surface area contributed by atoms with E-state index in [1.807, 2.05) is 11.8 Å². The highest BCUT2D eigenvalue weighted by Gasteiger charge is 2.38. The molecule has 1 saturated carbocycles. The molecule has 0 bridgehead atoms. The molecular formula is C18H25N5O4. The number of nitrogens with zero attached hydrogens (tertiary/aromatic N) is 2. The number of carbonyl (C=O) groups excluding carboxylic acids is 3. The maximum Gasteiger partial charge on any atom is 0.405 e. The second kappa shape index (κ2) is 7.05. The predicted octanol–water partition coefficient (Wildman–Crippen LogP) is 0.773. The van der Waals surface area contributed by atoms with Gasteiger partial charge in [0.25, 0.3) is 11.8 Å². The van der Waals surface area contributed by atoms with Crippen LogP contribution in [0, 0.1) is 5.92 Å². The van der Waals surface area contributed by atoms with E-state index < -0.39 is 17.6 Å². The van der Waals surface area contributed by atoms with Crippen molar-refractivity contribution in [2.45, 2.75) is 44.8 Å². The fourth-order valence-electron chi connectivity index (χ4n) is 3.48. The molecule has 1 aromatic rings. The Labute approximate surface area is 157 Å². The molecule has 9 nitrogen and oxygen atoms in total. The van der Waals surface area contributed by atoms with Crippen molar-refractivity contribution in [3.63, 3.8) is 0 Å². The number of amides is 3. The molecule has 2 aliphatic rings. The van der Waals surface area contributed by atoms with Gasteiger partial charge in [-0.25, -0.2) is 4.79 Å². The van der Waals surface area contributed by atoms with E-state index >= 15 is 0 Å². The summed E-state index contributed by atoms with van der Waals surface area (Å²) in [6, 6.07) is 1.58. The summed E-state index contributed by atoms with van der Waals surface area (Å²) in [7, 11) is 0. The van der Waals surface area contributed by atoms with Crippen LogP contribution in [0.5, 0.6) is 0 Å². The van der Waals surface area contributed by atoms with E-state index in [4.69, 9.17) is 16.2 Å². The van der Waals surface area contributed by atoms with Gasteiger partial charge in [-0.3, -0.25) is 14.6 Å². The van der Waals surface area contributed by atoms with Gasteiger partial charge < -0.3 is 26.4 Å². The van der Waals surface area contributed by atoms with E-state index in [-0.39, 0.29) is 17.6 Å². The van der Waals surface area contributed by atoms with Crippen molar-refractivity contribution in [2.24, 2.45) is 17.4 Å². The first-order valence-electron chi connectivity index (χ1n) is 9.02. The Kier molecular flexibility index (Phi) is 4.95. The van der Waals surface area contributed by atoms with Gasteiger partial charge in [0.2, 0.25) is 0 Å². The Morgan fingerprint density at radius 3 is 2.67 bits per heavy atom. The van der Waals surface area contributed by atoms with E-state index in [9.17, 15) is 14.4 Å². The highest BCUT2D eigenvalue weighted by atomic mass is 16.6. The fraction of sp³-hybridized carbons (Fsp3) is 0.556. The molecule has 0 aromatic carbocycles. The summed E-state index contributed by atoms with van der Waals surface area (Å²) in [4.78, 5) is 41.4. The summed E-state index contributed by atoms with van der Waals surface area (Å²) in [5, 5.41) is 3.00. The topological polar surface area (TPSA) is 141 Å². The maximum absolute atomic E-state index is 12.8. The molecule has 1 unspecified atom stereocenters. The lowest BCUT2D eigenvalue weighted by Crippen LogP contribution is -2.38. The molecule has 0 radical (unpaired) electrons. The van der Waals surface area contributed by atoms with Gasteiger partial charge in [0, 0.05) is 25.2 Å². The molecule has 2 fully saturated rings. The Bertz CT molecular complexity index is 779. The summed E-state index contributed by atoms with van der Waals surface area (Å²) in [6.45, 7) is 4.64. The standard InChI is InChI=1S/C18H25N5O4/c1-10(11-3-4-11)22-16(25)12-8-21-13(15(19)24)7-14(12)23-6-5-18(2,9-23)27-17(20)26/h7-8,10-11H,3-6,9H2,1-2H3,(H2,19,24)(H2,20,26)(H,22,25)/t10-,18?/m0/s1. The normalized spacial score (nSPS) is 23.0. The largest absolute Gasteiger partial charge is 0.441 e. The van der Waals surface area contributed by atoms with Crippen molar-refractivity contribution in [1.29, 1.82) is 0 Å². The summed E-state index contributed by atoms with van der Waals surface area (Å²) in [6.07, 6.45) is 3.30. The number of aromatic nitrogens is 1. The molecule has 1 aromatic heterocycles. The minimum Gasteiger partial charge on any atom is -0.441 e. The lowest BCUT2D eigenvalue weighted by atomic mass is 10.1. The molecule has 9 heteroatoms. The highest BCUT2D eigenvalue weighted by molar-refractivity contribution is 6.01. The quantitative estimate of drug-likeness (QED) is 0.671. The lowest BCUT2D eigenvalue weighted by molar-refractivity contribution is 0.0480. The Morgan fingerprint density at radius 1 is 1.37 bits per heavy atom. The van der Waals surface area contributed by atoms with Gasteiger partial charge in [-0.1, -0.05) is 0 Å². The smallest absolute Gasteiger partial charge is 0.405 e. The van der Waals surface area contributed by atoms with Crippen LogP contribution in [-0.2, 0) is 4.74 Å². The molecule has 1 aliphatic heterocycles. The van der Waals surface area contributed by atoms with Crippen LogP contribution in [0.3, 0.4) is 0 Å². The molecule has 146 valence electrons. The number of hydrogen-bond donors (Lipinski definition) is 3. The number of ether oxygens (including phenoxy) is 1. The highest BCUT2D eigenvalue weighted by Crippen LogP contribution is 2.34. The second-order valence-electron chi connectivity index (χ2n) is 7.59. The molecule has 0 spiro atoms. The van der Waals surface area contributed by atoms with E-state index in [1.54, 1.807) is 6.92 Å². The van der Waals surface area contributed by atoms with Crippen molar-refractivity contribution >= 4 is 23.6 Å². The molecular weight excluding hydrogens is 350 g/mol. The van der Waals surface area contributed by atoms with E-state index in [0.717, 1.165) is 12.8 Å². The predicted molar refractivity (Wildman–Crippen MR) is 98.3 cm³/mol. The zero-order chi connectivity index (χ0) is 19.8. The molecule has 1 saturated heterocycles. The average Bonchev–Trinajstić information content (AvgIpc) is 3.37. The van der Waals surface area contributed by atoms with Gasteiger partial charge in [-0.2, -0.15) is 0 Å². The number of anilines is 1. The molecule has 2 heterocycles. The van der Waals surface area contributed by atoms with E-state index in [2.05, 4.69) is 10.3 Å². The lowest BCUT2D eigenvalue weighted by Gasteiger charge is -2.26. The first kappa shape index (κ1) is 18.9. The number of carbonyl (C=O) groups is 3. The molecule has 5 N–H and O–H groups in total. The third kappa shape index (κ3) is 4.29. The van der Waals surface area contributed by atoms with Crippen LogP contribution < -0.4 is 21.7 Å². The van der Waals surface area contributed by atoms with Gasteiger partial charge in [-0.05, 0) is 38.7 Å². The van der Waals surface area contributed by atoms with Gasteiger partial charge in [-0.15, -0.1) is 0 Å². The average molecular weight is 375 g/mol. The van der Waals surface area contributed by atoms with Crippen molar-refractivity contribution in [2.75, 3.05) is 18.0 Å². The van der Waals surface area contributed by atoms with Crippen LogP contribution in [0.15, 0.2) is 12.3 Å². The van der Waals surface area contributed by atoms with Gasteiger partial charge >= 0.3 is 6.09 Å². The van der Waals surface area contributed by atoms with Crippen molar-refractivity contribution < 1.29 is 19.1 Å². The summed E-state index contributed by atoms with van der Waals surface area (Å²) >= 11 is 0. The van der Waals surface area contributed by atoms with Crippen LogP contribution in [0.2, 0.25) is 0 Å². The van der Waals surface area contributed by atoms with Gasteiger partial charge in [0.15, 0.2) is 0 Å². The molecule has 3 amide bonds. The maximum atomic E-state index is 12.8. The molecule has 2 atom stereocenters. The zero-order valence-electron chi connectivity index (χ0n) is 15.5. The first-order chi connectivity index (χ1) is 12.7. The van der Waals surface area contributed by atoms with E-state index in [0.29, 0.717) is 36.7 Å². The summed E-state index contributed by atoms with van der Waals surface area (Å²) < 4.78 is 5.22. The van der Waals surface area contributed by atoms with Crippen LogP contribution in [0.1, 0.15) is 54.0 Å². The van der Waals surface area contributed by atoms with Crippen molar-refractivity contribution in [1.82, 2.24) is 10.3 Å². The summed E-state index contributed by atoms with van der Waals surface area (Å²) in [5.74, 6) is -0.420. The Morgan fingerprint density at radius 2 is 2.07 bits per heavy atom. The minimum atomic E-state index is -0.844. The number of primary amides is 2. The third-order valence-electron chi connectivity index (χ3n) is 5.19. The van der Waals surface area contributed by atoms with Gasteiger partial charge in [0.1, 0.15) is 11.3 Å². The monoisotopic (exact) mass is 375 g/mol. The number of rotatable bonds is 6. The third-order valence-corrected chi connectivity index (χ3v) is 5.19. The first-order valence-corrected chi connectivity index (χ1v) is 9.02. The van der Waals surface area contributed by atoms with Crippen molar-refractivity contribution in [3.8, 4) is 0 Å². The number of pyridine rings is 1.